The lowest BCUT2D eigenvalue weighted by Crippen LogP contribution is -2.42. The van der Waals surface area contributed by atoms with Gasteiger partial charge >= 0.3 is 0 Å². The molecule has 116 valence electrons. The molecule has 0 spiro atoms. The first-order valence-electron chi connectivity index (χ1n) is 7.50. The number of hydrogen-bond acceptors (Lipinski definition) is 2. The fourth-order valence-corrected chi connectivity index (χ4v) is 3.24. The molecule has 3 nitrogen and oxygen atoms in total. The molecule has 0 aromatic heterocycles. The summed E-state index contributed by atoms with van der Waals surface area (Å²) in [5.74, 6) is 0.208. The molecule has 1 aromatic rings. The van der Waals surface area contributed by atoms with Gasteiger partial charge in [0, 0.05) is 23.5 Å². The Bertz CT molecular complexity index is 529. The fraction of sp³-hybridized carbons (Fsp3) is 0.588. The lowest BCUT2D eigenvalue weighted by Gasteiger charge is -2.30. The molecule has 1 atom stereocenters. The van der Waals surface area contributed by atoms with Crippen LogP contribution in [-0.2, 0) is 11.2 Å². The molecule has 4 heteroatoms. The van der Waals surface area contributed by atoms with Crippen LogP contribution in [0.5, 0.6) is 0 Å². The molecule has 2 rings (SSSR count). The largest absolute Gasteiger partial charge is 0.342 e. The van der Waals surface area contributed by atoms with Gasteiger partial charge in [0.15, 0.2) is 0 Å². The number of amides is 1. The van der Waals surface area contributed by atoms with E-state index in [0.29, 0.717) is 18.0 Å². The summed E-state index contributed by atoms with van der Waals surface area (Å²) in [4.78, 5) is 14.8. The van der Waals surface area contributed by atoms with Gasteiger partial charge in [-0.2, -0.15) is 0 Å². The Labute approximate surface area is 132 Å². The Morgan fingerprint density at radius 3 is 2.76 bits per heavy atom. The zero-order chi connectivity index (χ0) is 15.7. The van der Waals surface area contributed by atoms with Crippen LogP contribution in [0, 0.1) is 10.8 Å². The van der Waals surface area contributed by atoms with Gasteiger partial charge in [-0.3, -0.25) is 4.79 Å². The Morgan fingerprint density at radius 2 is 2.19 bits per heavy atom. The summed E-state index contributed by atoms with van der Waals surface area (Å²) in [6.45, 7) is 8.38. The van der Waals surface area contributed by atoms with E-state index in [4.69, 9.17) is 17.3 Å². The van der Waals surface area contributed by atoms with Crippen LogP contribution in [-0.4, -0.2) is 30.4 Å². The molecule has 0 saturated carbocycles. The van der Waals surface area contributed by atoms with Crippen LogP contribution in [0.15, 0.2) is 24.3 Å². The van der Waals surface area contributed by atoms with Crippen molar-refractivity contribution in [2.75, 3.05) is 19.6 Å². The van der Waals surface area contributed by atoms with Crippen molar-refractivity contribution in [2.24, 2.45) is 16.6 Å². The number of halogens is 1. The minimum Gasteiger partial charge on any atom is -0.342 e. The Morgan fingerprint density at radius 1 is 1.48 bits per heavy atom. The zero-order valence-corrected chi connectivity index (χ0v) is 13.9. The van der Waals surface area contributed by atoms with E-state index in [0.717, 1.165) is 25.1 Å². The molecule has 0 aliphatic carbocycles. The van der Waals surface area contributed by atoms with Crippen LogP contribution in [0.2, 0.25) is 5.02 Å². The second-order valence-electron chi connectivity index (χ2n) is 7.18. The predicted molar refractivity (Wildman–Crippen MR) is 87.3 cm³/mol. The van der Waals surface area contributed by atoms with Gasteiger partial charge in [-0.05, 0) is 42.5 Å². The van der Waals surface area contributed by atoms with Crippen molar-refractivity contribution >= 4 is 17.5 Å². The highest BCUT2D eigenvalue weighted by Gasteiger charge is 2.40. The summed E-state index contributed by atoms with van der Waals surface area (Å²) in [7, 11) is 0. The van der Waals surface area contributed by atoms with E-state index in [1.54, 1.807) is 0 Å². The van der Waals surface area contributed by atoms with E-state index < -0.39 is 5.41 Å². The maximum atomic E-state index is 12.8. The smallest absolute Gasteiger partial charge is 0.228 e. The van der Waals surface area contributed by atoms with Gasteiger partial charge in [0.05, 0.1) is 0 Å². The summed E-state index contributed by atoms with van der Waals surface area (Å²) in [5, 5.41) is 0.715. The third-order valence-corrected chi connectivity index (χ3v) is 4.69. The van der Waals surface area contributed by atoms with Gasteiger partial charge in [-0.1, -0.05) is 44.5 Å². The van der Waals surface area contributed by atoms with E-state index in [1.807, 2.05) is 43.0 Å². The molecule has 1 saturated heterocycles. The molecule has 1 aliphatic rings. The van der Waals surface area contributed by atoms with Crippen LogP contribution < -0.4 is 5.73 Å². The average Bonchev–Trinajstić information content (AvgIpc) is 2.81. The van der Waals surface area contributed by atoms with Gasteiger partial charge in [-0.25, -0.2) is 0 Å². The molecule has 21 heavy (non-hydrogen) atoms. The van der Waals surface area contributed by atoms with Crippen LogP contribution >= 0.6 is 11.6 Å². The quantitative estimate of drug-likeness (QED) is 0.929. The molecular weight excluding hydrogens is 284 g/mol. The third kappa shape index (κ3) is 3.78. The molecule has 1 aliphatic heterocycles. The second-order valence-corrected chi connectivity index (χ2v) is 7.62. The molecule has 0 radical (unpaired) electrons. The van der Waals surface area contributed by atoms with Crippen LogP contribution in [0.1, 0.15) is 32.8 Å². The van der Waals surface area contributed by atoms with Crippen molar-refractivity contribution in [2.45, 2.75) is 33.6 Å². The van der Waals surface area contributed by atoms with Gasteiger partial charge < -0.3 is 10.6 Å². The molecule has 1 unspecified atom stereocenters. The Kier molecular flexibility index (Phi) is 4.64. The van der Waals surface area contributed by atoms with Crippen molar-refractivity contribution in [3.8, 4) is 0 Å². The molecule has 0 bridgehead atoms. The van der Waals surface area contributed by atoms with E-state index in [1.165, 1.54) is 0 Å². The van der Waals surface area contributed by atoms with Gasteiger partial charge in [0.25, 0.3) is 0 Å². The molecule has 1 aromatic carbocycles. The summed E-state index contributed by atoms with van der Waals surface area (Å²) >= 11 is 6.03. The predicted octanol–water partition coefficient (Wildman–Crippen LogP) is 3.11. The number of nitrogens with two attached hydrogens (primary N) is 1. The monoisotopic (exact) mass is 308 g/mol. The van der Waals surface area contributed by atoms with Gasteiger partial charge in [-0.15, -0.1) is 0 Å². The first kappa shape index (κ1) is 16.3. The molecular formula is C17H25ClN2O. The summed E-state index contributed by atoms with van der Waals surface area (Å²) in [5.41, 5.74) is 6.57. The van der Waals surface area contributed by atoms with Gasteiger partial charge in [0.2, 0.25) is 5.91 Å². The number of hydrogen-bond donors (Lipinski definition) is 1. The lowest BCUT2D eigenvalue weighted by atomic mass is 9.84. The standard InChI is InChI=1S/C17H25ClN2O/c1-16(2,10-13-5-4-6-14(18)9-13)15(21)20-8-7-17(3,11-19)12-20/h4-6,9H,7-8,10-12,19H2,1-3H3. The van der Waals surface area contributed by atoms with Crippen molar-refractivity contribution in [3.05, 3.63) is 34.9 Å². The fourth-order valence-electron chi connectivity index (χ4n) is 3.02. The molecule has 2 N–H and O–H groups in total. The van der Waals surface area contributed by atoms with E-state index in [-0.39, 0.29) is 11.3 Å². The summed E-state index contributed by atoms with van der Waals surface area (Å²) in [6.07, 6.45) is 1.69. The lowest BCUT2D eigenvalue weighted by molar-refractivity contribution is -0.139. The van der Waals surface area contributed by atoms with Crippen molar-refractivity contribution < 1.29 is 4.79 Å². The second kappa shape index (κ2) is 5.98. The maximum Gasteiger partial charge on any atom is 0.228 e. The Hall–Kier alpha value is -1.06. The number of rotatable bonds is 4. The highest BCUT2D eigenvalue weighted by atomic mass is 35.5. The van der Waals surface area contributed by atoms with Crippen molar-refractivity contribution in [1.82, 2.24) is 4.90 Å². The van der Waals surface area contributed by atoms with E-state index in [9.17, 15) is 4.79 Å². The van der Waals surface area contributed by atoms with Crippen LogP contribution in [0.3, 0.4) is 0 Å². The van der Waals surface area contributed by atoms with E-state index in [2.05, 4.69) is 6.92 Å². The highest BCUT2D eigenvalue weighted by Crippen LogP contribution is 2.33. The van der Waals surface area contributed by atoms with Crippen molar-refractivity contribution in [1.29, 1.82) is 0 Å². The molecule has 1 amide bonds. The topological polar surface area (TPSA) is 46.3 Å². The first-order valence-corrected chi connectivity index (χ1v) is 7.87. The molecule has 1 fully saturated rings. The number of carbonyl (C=O) groups excluding carboxylic acids is 1. The van der Waals surface area contributed by atoms with Crippen molar-refractivity contribution in [3.63, 3.8) is 0 Å². The summed E-state index contributed by atoms with van der Waals surface area (Å²) < 4.78 is 0. The Balaban J connectivity index is 2.07. The SMILES string of the molecule is CC1(CN)CCN(C(=O)C(C)(C)Cc2cccc(Cl)c2)C1. The third-order valence-electron chi connectivity index (χ3n) is 4.45. The first-order chi connectivity index (χ1) is 9.76. The minimum absolute atomic E-state index is 0.0712. The van der Waals surface area contributed by atoms with E-state index >= 15 is 0 Å². The summed E-state index contributed by atoms with van der Waals surface area (Å²) in [6, 6.07) is 7.74. The van der Waals surface area contributed by atoms with Gasteiger partial charge in [0.1, 0.15) is 0 Å². The number of nitrogens with zero attached hydrogens (tertiary/aromatic N) is 1. The highest BCUT2D eigenvalue weighted by molar-refractivity contribution is 6.30. The number of benzene rings is 1. The average molecular weight is 309 g/mol. The number of carbonyl (C=O) groups is 1. The van der Waals surface area contributed by atoms with Crippen LogP contribution in [0.4, 0.5) is 0 Å². The normalized spacial score (nSPS) is 22.6. The minimum atomic E-state index is -0.426. The zero-order valence-electron chi connectivity index (χ0n) is 13.2. The van der Waals surface area contributed by atoms with Crippen LogP contribution in [0.25, 0.3) is 0 Å². The molecule has 1 heterocycles. The number of likely N-dealkylation sites (tertiary alicyclic amines) is 1. The maximum absolute atomic E-state index is 12.8.